The second-order valence-electron chi connectivity index (χ2n) is 6.75. The van der Waals surface area contributed by atoms with Crippen LogP contribution >= 0.6 is 0 Å². The molecule has 5 heteroatoms. The van der Waals surface area contributed by atoms with Gasteiger partial charge in [-0.15, -0.1) is 0 Å². The number of guanidine groups is 1. The third kappa shape index (κ3) is 7.82. The lowest BCUT2D eigenvalue weighted by atomic mass is 10.1. The summed E-state index contributed by atoms with van der Waals surface area (Å²) in [5.74, 6) is 0.769. The van der Waals surface area contributed by atoms with Crippen LogP contribution in [0.3, 0.4) is 0 Å². The number of amides is 1. The molecule has 0 aromatic heterocycles. The van der Waals surface area contributed by atoms with Crippen molar-refractivity contribution < 1.29 is 4.79 Å². The van der Waals surface area contributed by atoms with Gasteiger partial charge in [0, 0.05) is 32.7 Å². The summed E-state index contributed by atoms with van der Waals surface area (Å²) in [6.45, 7) is 1.69. The molecule has 2 rings (SSSR count). The Morgan fingerprint density at radius 1 is 0.857 bits per heavy atom. The Balaban J connectivity index is 1.60. The van der Waals surface area contributed by atoms with E-state index in [0.717, 1.165) is 43.9 Å². The topological polar surface area (TPSA) is 65.5 Å². The van der Waals surface area contributed by atoms with E-state index >= 15 is 0 Å². The van der Waals surface area contributed by atoms with E-state index in [0.29, 0.717) is 5.56 Å². The number of nitrogens with zero attached hydrogens (tertiary/aromatic N) is 1. The molecule has 0 atom stereocenters. The van der Waals surface area contributed by atoms with Gasteiger partial charge in [0.05, 0.1) is 0 Å². The summed E-state index contributed by atoms with van der Waals surface area (Å²) < 4.78 is 0. The second kappa shape index (κ2) is 12.5. The predicted octanol–water partition coefficient (Wildman–Crippen LogP) is 3.17. The highest BCUT2D eigenvalue weighted by atomic mass is 16.1. The first-order valence-electron chi connectivity index (χ1n) is 10.0. The monoisotopic (exact) mass is 380 g/mol. The van der Waals surface area contributed by atoms with Gasteiger partial charge in [0.2, 0.25) is 0 Å². The Morgan fingerprint density at radius 2 is 1.61 bits per heavy atom. The zero-order valence-electron chi connectivity index (χ0n) is 17.0. The number of hydrogen-bond donors (Lipinski definition) is 3. The Labute approximate surface area is 168 Å². The molecule has 2 aromatic carbocycles. The lowest BCUT2D eigenvalue weighted by Gasteiger charge is -2.12. The first-order chi connectivity index (χ1) is 13.7. The highest BCUT2D eigenvalue weighted by Crippen LogP contribution is 2.06. The summed E-state index contributed by atoms with van der Waals surface area (Å²) in [7, 11) is 3.44. The van der Waals surface area contributed by atoms with Crippen molar-refractivity contribution in [2.75, 3.05) is 27.2 Å². The zero-order valence-corrected chi connectivity index (χ0v) is 17.0. The Kier molecular flexibility index (Phi) is 9.62. The first-order valence-corrected chi connectivity index (χ1v) is 10.0. The van der Waals surface area contributed by atoms with Crippen LogP contribution in [0.1, 0.15) is 40.7 Å². The van der Waals surface area contributed by atoms with Gasteiger partial charge < -0.3 is 16.0 Å². The van der Waals surface area contributed by atoms with E-state index in [1.165, 1.54) is 18.4 Å². The molecule has 0 aliphatic rings. The molecule has 0 saturated heterocycles. The van der Waals surface area contributed by atoms with E-state index in [1.54, 1.807) is 14.1 Å². The van der Waals surface area contributed by atoms with Crippen molar-refractivity contribution in [3.8, 4) is 0 Å². The van der Waals surface area contributed by atoms with Gasteiger partial charge in [-0.3, -0.25) is 9.79 Å². The van der Waals surface area contributed by atoms with Crippen LogP contribution in [0.25, 0.3) is 0 Å². The average molecular weight is 381 g/mol. The number of benzene rings is 2. The van der Waals surface area contributed by atoms with Gasteiger partial charge in [-0.25, -0.2) is 0 Å². The molecule has 0 fully saturated rings. The number of nitrogens with one attached hydrogen (secondary N) is 3. The van der Waals surface area contributed by atoms with E-state index in [9.17, 15) is 4.79 Å². The molecule has 3 N–H and O–H groups in total. The maximum Gasteiger partial charge on any atom is 0.251 e. The largest absolute Gasteiger partial charge is 0.356 e. The molecule has 28 heavy (non-hydrogen) atoms. The Morgan fingerprint density at radius 3 is 2.36 bits per heavy atom. The van der Waals surface area contributed by atoms with Crippen molar-refractivity contribution in [2.24, 2.45) is 4.99 Å². The predicted molar refractivity (Wildman–Crippen MR) is 117 cm³/mol. The van der Waals surface area contributed by atoms with Gasteiger partial charge in [-0.05, 0) is 48.9 Å². The quantitative estimate of drug-likeness (QED) is 0.337. The van der Waals surface area contributed by atoms with Crippen LogP contribution in [0.15, 0.2) is 59.6 Å². The standard InChI is InChI=1S/C23H32N4O/c1-24-22(28)21-14-9-13-20(18-21)15-17-27-23(25-2)26-16-8-4-7-12-19-10-5-3-6-11-19/h3,5-6,9-11,13-14,18H,4,7-8,12,15-17H2,1-2H3,(H,24,28)(H2,25,26,27). The number of carbonyl (C=O) groups excluding carboxylic acids is 1. The van der Waals surface area contributed by atoms with Gasteiger partial charge in [0.25, 0.3) is 5.91 Å². The SMILES string of the molecule is CN=C(NCCCCCc1ccccc1)NCCc1cccc(C(=O)NC)c1. The van der Waals surface area contributed by atoms with Crippen molar-refractivity contribution in [3.63, 3.8) is 0 Å². The van der Waals surface area contributed by atoms with Crippen molar-refractivity contribution in [3.05, 3.63) is 71.3 Å². The van der Waals surface area contributed by atoms with E-state index in [1.807, 2.05) is 24.3 Å². The number of aryl methyl sites for hydroxylation is 1. The first kappa shape index (κ1) is 21.5. The third-order valence-corrected chi connectivity index (χ3v) is 4.62. The van der Waals surface area contributed by atoms with Crippen LogP contribution in [0.5, 0.6) is 0 Å². The molecule has 5 nitrogen and oxygen atoms in total. The summed E-state index contributed by atoms with van der Waals surface area (Å²) >= 11 is 0. The lowest BCUT2D eigenvalue weighted by Crippen LogP contribution is -2.38. The summed E-state index contributed by atoms with van der Waals surface area (Å²) in [5, 5.41) is 9.36. The van der Waals surface area contributed by atoms with Crippen LogP contribution in [-0.4, -0.2) is 39.1 Å². The maximum absolute atomic E-state index is 11.7. The minimum absolute atomic E-state index is 0.0560. The van der Waals surface area contributed by atoms with E-state index in [2.05, 4.69) is 51.3 Å². The lowest BCUT2D eigenvalue weighted by molar-refractivity contribution is 0.0963. The van der Waals surface area contributed by atoms with Gasteiger partial charge in [0.15, 0.2) is 5.96 Å². The molecule has 0 radical (unpaired) electrons. The van der Waals surface area contributed by atoms with Crippen LogP contribution < -0.4 is 16.0 Å². The van der Waals surface area contributed by atoms with Gasteiger partial charge in [-0.2, -0.15) is 0 Å². The summed E-state index contributed by atoms with van der Waals surface area (Å²) in [5.41, 5.74) is 3.23. The Hall–Kier alpha value is -2.82. The normalized spacial score (nSPS) is 11.1. The number of unbranched alkanes of at least 4 members (excludes halogenated alkanes) is 2. The van der Waals surface area contributed by atoms with Crippen LogP contribution in [0, 0.1) is 0 Å². The maximum atomic E-state index is 11.7. The number of rotatable bonds is 10. The van der Waals surface area contributed by atoms with Crippen molar-refractivity contribution in [1.29, 1.82) is 0 Å². The average Bonchev–Trinajstić information content (AvgIpc) is 2.75. The molecule has 0 spiro atoms. The number of carbonyl (C=O) groups is 1. The molecule has 0 bridgehead atoms. The van der Waals surface area contributed by atoms with Crippen molar-refractivity contribution >= 4 is 11.9 Å². The summed E-state index contributed by atoms with van der Waals surface area (Å²) in [6, 6.07) is 18.4. The minimum Gasteiger partial charge on any atom is -0.356 e. The van der Waals surface area contributed by atoms with Crippen LogP contribution in [0.4, 0.5) is 0 Å². The van der Waals surface area contributed by atoms with Crippen molar-refractivity contribution in [2.45, 2.75) is 32.1 Å². The fourth-order valence-electron chi connectivity index (χ4n) is 3.04. The van der Waals surface area contributed by atoms with E-state index < -0.39 is 0 Å². The highest BCUT2D eigenvalue weighted by molar-refractivity contribution is 5.94. The second-order valence-corrected chi connectivity index (χ2v) is 6.75. The molecule has 1 amide bonds. The molecule has 0 aliphatic heterocycles. The van der Waals surface area contributed by atoms with Gasteiger partial charge in [-0.1, -0.05) is 48.9 Å². The van der Waals surface area contributed by atoms with E-state index in [-0.39, 0.29) is 5.91 Å². The fourth-order valence-corrected chi connectivity index (χ4v) is 3.04. The molecular weight excluding hydrogens is 348 g/mol. The smallest absolute Gasteiger partial charge is 0.251 e. The molecule has 2 aromatic rings. The molecule has 150 valence electrons. The zero-order chi connectivity index (χ0) is 20.0. The van der Waals surface area contributed by atoms with Gasteiger partial charge in [0.1, 0.15) is 0 Å². The summed E-state index contributed by atoms with van der Waals surface area (Å²) in [4.78, 5) is 16.0. The van der Waals surface area contributed by atoms with Gasteiger partial charge >= 0.3 is 0 Å². The number of hydrogen-bond acceptors (Lipinski definition) is 2. The summed E-state index contributed by atoms with van der Waals surface area (Å²) in [6.07, 6.45) is 5.51. The minimum atomic E-state index is -0.0560. The van der Waals surface area contributed by atoms with Crippen LogP contribution in [0.2, 0.25) is 0 Å². The highest BCUT2D eigenvalue weighted by Gasteiger charge is 2.04. The van der Waals surface area contributed by atoms with Crippen LogP contribution in [-0.2, 0) is 12.8 Å². The third-order valence-electron chi connectivity index (χ3n) is 4.62. The Bertz CT molecular complexity index is 743. The molecular formula is C23H32N4O. The molecule has 0 aliphatic carbocycles. The molecule has 0 saturated carbocycles. The van der Waals surface area contributed by atoms with E-state index in [4.69, 9.17) is 0 Å². The number of aliphatic imine (C=N–C) groups is 1. The molecule has 0 heterocycles. The fraction of sp³-hybridized carbons (Fsp3) is 0.391. The van der Waals surface area contributed by atoms with Crippen molar-refractivity contribution in [1.82, 2.24) is 16.0 Å². The molecule has 0 unspecified atom stereocenters.